The van der Waals surface area contributed by atoms with Gasteiger partial charge in [0.25, 0.3) is 5.56 Å². The van der Waals surface area contributed by atoms with E-state index in [9.17, 15) is 9.90 Å². The lowest BCUT2D eigenvalue weighted by Gasteiger charge is -2.15. The topological polar surface area (TPSA) is 62.3 Å². The second kappa shape index (κ2) is 6.62. The number of benzene rings is 1. The summed E-state index contributed by atoms with van der Waals surface area (Å²) in [7, 11) is 0. The van der Waals surface area contributed by atoms with Crippen molar-refractivity contribution in [3.8, 4) is 11.5 Å². The Kier molecular flexibility index (Phi) is 5.05. The molecule has 0 saturated carbocycles. The fourth-order valence-corrected chi connectivity index (χ4v) is 2.94. The molecule has 0 bridgehead atoms. The van der Waals surface area contributed by atoms with Crippen LogP contribution in [0.15, 0.2) is 23.0 Å². The summed E-state index contributed by atoms with van der Waals surface area (Å²) in [5, 5.41) is 9.42. The van der Waals surface area contributed by atoms with Crippen LogP contribution in [0.3, 0.4) is 0 Å². The number of ether oxygens (including phenoxy) is 1. The van der Waals surface area contributed by atoms with Crippen molar-refractivity contribution < 1.29 is 9.84 Å². The van der Waals surface area contributed by atoms with E-state index in [1.54, 1.807) is 0 Å². The van der Waals surface area contributed by atoms with Crippen LogP contribution in [0, 0.1) is 17.4 Å². The van der Waals surface area contributed by atoms with Crippen LogP contribution in [0.25, 0.3) is 0 Å². The molecule has 0 radical (unpaired) electrons. The van der Waals surface area contributed by atoms with Crippen LogP contribution in [0.4, 0.5) is 0 Å². The monoisotopic (exact) mass is 399 g/mol. The average Bonchev–Trinajstić information content (AvgIpc) is 2.42. The molecule has 0 unspecified atom stereocenters. The highest BCUT2D eigenvalue weighted by Crippen LogP contribution is 2.31. The molecule has 0 saturated heterocycles. The van der Waals surface area contributed by atoms with Gasteiger partial charge in [0.05, 0.1) is 12.3 Å². The van der Waals surface area contributed by atoms with Gasteiger partial charge >= 0.3 is 0 Å². The van der Waals surface area contributed by atoms with Crippen LogP contribution in [-0.4, -0.2) is 10.1 Å². The van der Waals surface area contributed by atoms with Crippen molar-refractivity contribution in [3.63, 3.8) is 0 Å². The van der Waals surface area contributed by atoms with Gasteiger partial charge in [-0.15, -0.1) is 0 Å². The number of aromatic amines is 1. The van der Waals surface area contributed by atoms with Crippen molar-refractivity contribution in [1.82, 2.24) is 4.98 Å². The Hall–Kier alpha value is -1.34. The van der Waals surface area contributed by atoms with Gasteiger partial charge in [0.15, 0.2) is 5.75 Å². The van der Waals surface area contributed by atoms with Crippen LogP contribution in [-0.2, 0) is 13.0 Å². The fourth-order valence-electron chi connectivity index (χ4n) is 2.36. The number of pyridine rings is 1. The van der Waals surface area contributed by atoms with Gasteiger partial charge in [0.1, 0.15) is 9.32 Å². The highest BCUT2D eigenvalue weighted by atomic mass is 127. The zero-order chi connectivity index (χ0) is 15.6. The average molecular weight is 399 g/mol. The smallest absolute Gasteiger partial charge is 0.265 e. The molecule has 2 rings (SSSR count). The standard InChI is InChI=1S/C16H18INO3/c1-4-12-13(8-19)18-16(20)14(17)15(12)21-11-6-9(2)5-10(3)7-11/h5-7,19H,4,8H2,1-3H3,(H,18,20). The van der Waals surface area contributed by atoms with Gasteiger partial charge in [0.2, 0.25) is 0 Å². The summed E-state index contributed by atoms with van der Waals surface area (Å²) in [5.74, 6) is 1.24. The van der Waals surface area contributed by atoms with E-state index >= 15 is 0 Å². The molecule has 0 amide bonds. The summed E-state index contributed by atoms with van der Waals surface area (Å²) >= 11 is 1.98. The van der Waals surface area contributed by atoms with E-state index in [0.717, 1.165) is 16.7 Å². The fraction of sp³-hybridized carbons (Fsp3) is 0.312. The van der Waals surface area contributed by atoms with Gasteiger partial charge in [-0.1, -0.05) is 13.0 Å². The number of halogens is 1. The molecule has 0 aliphatic carbocycles. The van der Waals surface area contributed by atoms with E-state index in [-0.39, 0.29) is 12.2 Å². The summed E-state index contributed by atoms with van der Waals surface area (Å²) in [5.41, 5.74) is 3.31. The Morgan fingerprint density at radius 2 is 1.86 bits per heavy atom. The summed E-state index contributed by atoms with van der Waals surface area (Å²) in [6.45, 7) is 5.76. The molecule has 0 atom stereocenters. The van der Waals surface area contributed by atoms with Crippen LogP contribution in [0.1, 0.15) is 29.3 Å². The minimum Gasteiger partial charge on any atom is -0.456 e. The molecule has 0 aliphatic heterocycles. The zero-order valence-electron chi connectivity index (χ0n) is 12.3. The Labute approximate surface area is 137 Å². The molecule has 1 aromatic carbocycles. The molecule has 5 heteroatoms. The number of nitrogens with one attached hydrogen (secondary N) is 1. The second-order valence-electron chi connectivity index (χ2n) is 4.99. The molecule has 2 N–H and O–H groups in total. The third kappa shape index (κ3) is 3.47. The maximum Gasteiger partial charge on any atom is 0.265 e. The van der Waals surface area contributed by atoms with Gasteiger partial charge < -0.3 is 14.8 Å². The molecule has 0 spiro atoms. The van der Waals surface area contributed by atoms with Gasteiger partial charge in [-0.3, -0.25) is 4.79 Å². The lowest BCUT2D eigenvalue weighted by atomic mass is 10.1. The number of aliphatic hydroxyl groups excluding tert-OH is 1. The first-order chi connectivity index (χ1) is 9.96. The third-order valence-electron chi connectivity index (χ3n) is 3.23. The van der Waals surface area contributed by atoms with Crippen molar-refractivity contribution in [3.05, 3.63) is 54.5 Å². The van der Waals surface area contributed by atoms with Crippen LogP contribution in [0.2, 0.25) is 0 Å². The second-order valence-corrected chi connectivity index (χ2v) is 6.07. The molecule has 21 heavy (non-hydrogen) atoms. The van der Waals surface area contributed by atoms with Crippen molar-refractivity contribution >= 4 is 22.6 Å². The predicted octanol–water partition coefficient (Wildman–Crippen LogP) is 3.44. The maximum atomic E-state index is 12.0. The van der Waals surface area contributed by atoms with Crippen molar-refractivity contribution in [2.24, 2.45) is 0 Å². The predicted molar refractivity (Wildman–Crippen MR) is 91.1 cm³/mol. The Balaban J connectivity index is 2.57. The number of aryl methyl sites for hydroxylation is 2. The highest BCUT2D eigenvalue weighted by Gasteiger charge is 2.16. The Morgan fingerprint density at radius 3 is 2.38 bits per heavy atom. The van der Waals surface area contributed by atoms with E-state index in [2.05, 4.69) is 11.1 Å². The number of aromatic nitrogens is 1. The largest absolute Gasteiger partial charge is 0.456 e. The molecule has 0 fully saturated rings. The molecular formula is C16H18INO3. The zero-order valence-corrected chi connectivity index (χ0v) is 14.4. The molecule has 1 heterocycles. The summed E-state index contributed by atoms with van der Waals surface area (Å²) < 4.78 is 6.48. The van der Waals surface area contributed by atoms with Crippen molar-refractivity contribution in [2.45, 2.75) is 33.8 Å². The molecule has 4 nitrogen and oxygen atoms in total. The first-order valence-electron chi connectivity index (χ1n) is 6.76. The third-order valence-corrected chi connectivity index (χ3v) is 4.21. The van der Waals surface area contributed by atoms with Crippen molar-refractivity contribution in [1.29, 1.82) is 0 Å². The van der Waals surface area contributed by atoms with Crippen LogP contribution >= 0.6 is 22.6 Å². The first-order valence-corrected chi connectivity index (χ1v) is 7.84. The number of rotatable bonds is 4. The SMILES string of the molecule is CCc1c(CO)[nH]c(=O)c(I)c1Oc1cc(C)cc(C)c1. The molecular weight excluding hydrogens is 381 g/mol. The summed E-state index contributed by atoms with van der Waals surface area (Å²) in [6, 6.07) is 5.93. The van der Waals surface area contributed by atoms with Gasteiger partial charge in [-0.05, 0) is 66.1 Å². The molecule has 112 valence electrons. The molecule has 1 aromatic heterocycles. The minimum atomic E-state index is -0.240. The van der Waals surface area contributed by atoms with E-state index in [1.165, 1.54) is 0 Å². The van der Waals surface area contributed by atoms with E-state index in [4.69, 9.17) is 4.74 Å². The molecule has 0 aliphatic rings. The van der Waals surface area contributed by atoms with Crippen LogP contribution in [0.5, 0.6) is 11.5 Å². The van der Waals surface area contributed by atoms with Gasteiger partial charge in [-0.25, -0.2) is 0 Å². The number of H-pyrrole nitrogens is 1. The first kappa shape index (κ1) is 16.0. The normalized spacial score (nSPS) is 10.7. The van der Waals surface area contributed by atoms with E-state index in [0.29, 0.717) is 27.2 Å². The van der Waals surface area contributed by atoms with Gasteiger partial charge in [-0.2, -0.15) is 0 Å². The lowest BCUT2D eigenvalue weighted by Crippen LogP contribution is -2.17. The highest BCUT2D eigenvalue weighted by molar-refractivity contribution is 14.1. The summed E-state index contributed by atoms with van der Waals surface area (Å²) in [4.78, 5) is 14.7. The quantitative estimate of drug-likeness (QED) is 0.775. The maximum absolute atomic E-state index is 12.0. The number of aliphatic hydroxyl groups is 1. The van der Waals surface area contributed by atoms with Crippen molar-refractivity contribution in [2.75, 3.05) is 0 Å². The van der Waals surface area contributed by atoms with Gasteiger partial charge in [0, 0.05) is 5.56 Å². The van der Waals surface area contributed by atoms with E-state index in [1.807, 2.05) is 55.5 Å². The molecule has 2 aromatic rings. The lowest BCUT2D eigenvalue weighted by molar-refractivity contribution is 0.274. The summed E-state index contributed by atoms with van der Waals surface area (Å²) in [6.07, 6.45) is 0.669. The van der Waals surface area contributed by atoms with E-state index < -0.39 is 0 Å². The Bertz CT molecular complexity index is 702. The minimum absolute atomic E-state index is 0.210. The van der Waals surface area contributed by atoms with Crippen LogP contribution < -0.4 is 10.3 Å². The Morgan fingerprint density at radius 1 is 1.24 bits per heavy atom. The number of hydrogen-bond acceptors (Lipinski definition) is 3. The number of hydrogen-bond donors (Lipinski definition) is 2.